The van der Waals surface area contributed by atoms with Crippen molar-refractivity contribution in [2.75, 3.05) is 18.8 Å². The van der Waals surface area contributed by atoms with Crippen LogP contribution in [0.15, 0.2) is 24.4 Å². The lowest BCUT2D eigenvalue weighted by molar-refractivity contribution is -0.145. The molecular weight excluding hydrogens is 288 g/mol. The SMILES string of the molecule is O=C(O)C1CCN(C(=O)CCSCc2ccccn2)CC1. The molecule has 21 heavy (non-hydrogen) atoms. The summed E-state index contributed by atoms with van der Waals surface area (Å²) in [5, 5.41) is 8.93. The van der Waals surface area contributed by atoms with E-state index in [9.17, 15) is 9.59 Å². The molecule has 0 radical (unpaired) electrons. The number of carbonyl (C=O) groups excluding carboxylic acids is 1. The minimum atomic E-state index is -0.743. The second kappa shape index (κ2) is 8.02. The summed E-state index contributed by atoms with van der Waals surface area (Å²) in [6, 6.07) is 5.82. The summed E-state index contributed by atoms with van der Waals surface area (Å²) in [5.74, 6) is 0.691. The van der Waals surface area contributed by atoms with Gasteiger partial charge in [0.2, 0.25) is 5.91 Å². The number of carboxylic acids is 1. The van der Waals surface area contributed by atoms with Crippen LogP contribution >= 0.6 is 11.8 Å². The first-order valence-electron chi connectivity index (χ1n) is 7.15. The molecule has 2 heterocycles. The molecular formula is C15H20N2O3S. The smallest absolute Gasteiger partial charge is 0.306 e. The van der Waals surface area contributed by atoms with E-state index < -0.39 is 5.97 Å². The summed E-state index contributed by atoms with van der Waals surface area (Å²) >= 11 is 1.70. The van der Waals surface area contributed by atoms with Gasteiger partial charge in [0.1, 0.15) is 0 Å². The number of piperidine rings is 1. The Balaban J connectivity index is 1.63. The summed E-state index contributed by atoms with van der Waals surface area (Å²) in [6.45, 7) is 1.14. The van der Waals surface area contributed by atoms with E-state index in [2.05, 4.69) is 4.98 Å². The minimum absolute atomic E-state index is 0.132. The second-order valence-electron chi connectivity index (χ2n) is 5.12. The van der Waals surface area contributed by atoms with Crippen molar-refractivity contribution in [3.8, 4) is 0 Å². The van der Waals surface area contributed by atoms with Crippen LogP contribution in [0.5, 0.6) is 0 Å². The van der Waals surface area contributed by atoms with Crippen LogP contribution in [0.2, 0.25) is 0 Å². The van der Waals surface area contributed by atoms with E-state index in [0.717, 1.165) is 17.2 Å². The van der Waals surface area contributed by atoms with E-state index in [1.165, 1.54) is 0 Å². The third-order valence-electron chi connectivity index (χ3n) is 3.63. The zero-order valence-electron chi connectivity index (χ0n) is 11.9. The average molecular weight is 308 g/mol. The second-order valence-corrected chi connectivity index (χ2v) is 6.22. The summed E-state index contributed by atoms with van der Waals surface area (Å²) in [5.41, 5.74) is 1.03. The Morgan fingerprint density at radius 2 is 2.10 bits per heavy atom. The van der Waals surface area contributed by atoms with Gasteiger partial charge in [-0.25, -0.2) is 0 Å². The van der Waals surface area contributed by atoms with Crippen LogP contribution in [-0.4, -0.2) is 45.7 Å². The fraction of sp³-hybridized carbons (Fsp3) is 0.533. The summed E-state index contributed by atoms with van der Waals surface area (Å²) < 4.78 is 0. The number of carboxylic acid groups (broad SMARTS) is 1. The highest BCUT2D eigenvalue weighted by Crippen LogP contribution is 2.19. The van der Waals surface area contributed by atoms with Gasteiger partial charge in [-0.3, -0.25) is 14.6 Å². The van der Waals surface area contributed by atoms with Crippen molar-refractivity contribution >= 4 is 23.6 Å². The fourth-order valence-corrected chi connectivity index (χ4v) is 3.20. The summed E-state index contributed by atoms with van der Waals surface area (Å²) in [7, 11) is 0. The largest absolute Gasteiger partial charge is 0.481 e. The van der Waals surface area contributed by atoms with Crippen LogP contribution in [0, 0.1) is 5.92 Å². The van der Waals surface area contributed by atoms with Crippen molar-refractivity contribution < 1.29 is 14.7 Å². The van der Waals surface area contributed by atoms with E-state index in [4.69, 9.17) is 5.11 Å². The number of hydrogen-bond acceptors (Lipinski definition) is 4. The first kappa shape index (κ1) is 15.8. The zero-order valence-corrected chi connectivity index (χ0v) is 12.7. The van der Waals surface area contributed by atoms with Gasteiger partial charge in [0, 0.05) is 37.2 Å². The molecule has 1 aromatic heterocycles. The van der Waals surface area contributed by atoms with Crippen molar-refractivity contribution in [3.05, 3.63) is 30.1 Å². The lowest BCUT2D eigenvalue weighted by Crippen LogP contribution is -2.40. The van der Waals surface area contributed by atoms with Crippen molar-refractivity contribution in [3.63, 3.8) is 0 Å². The highest BCUT2D eigenvalue weighted by molar-refractivity contribution is 7.98. The molecule has 2 rings (SSSR count). The number of nitrogens with zero attached hydrogens (tertiary/aromatic N) is 2. The maximum Gasteiger partial charge on any atom is 0.306 e. The lowest BCUT2D eigenvalue weighted by Gasteiger charge is -2.30. The molecule has 0 bridgehead atoms. The van der Waals surface area contributed by atoms with Crippen molar-refractivity contribution in [2.24, 2.45) is 5.92 Å². The number of thioether (sulfide) groups is 1. The van der Waals surface area contributed by atoms with Gasteiger partial charge < -0.3 is 10.0 Å². The topological polar surface area (TPSA) is 70.5 Å². The monoisotopic (exact) mass is 308 g/mol. The normalized spacial score (nSPS) is 15.9. The number of pyridine rings is 1. The summed E-state index contributed by atoms with van der Waals surface area (Å²) in [4.78, 5) is 28.9. The minimum Gasteiger partial charge on any atom is -0.481 e. The molecule has 1 fully saturated rings. The molecule has 1 aliphatic rings. The van der Waals surface area contributed by atoms with E-state index in [1.54, 1.807) is 22.9 Å². The highest BCUT2D eigenvalue weighted by atomic mass is 32.2. The number of amides is 1. The van der Waals surface area contributed by atoms with Gasteiger partial charge in [0.05, 0.1) is 11.6 Å². The van der Waals surface area contributed by atoms with Gasteiger partial charge in [-0.2, -0.15) is 11.8 Å². The van der Waals surface area contributed by atoms with Gasteiger partial charge in [0.15, 0.2) is 0 Å². The number of rotatable bonds is 6. The van der Waals surface area contributed by atoms with Gasteiger partial charge in [-0.1, -0.05) is 6.07 Å². The van der Waals surface area contributed by atoms with E-state index in [0.29, 0.717) is 32.4 Å². The maximum atomic E-state index is 12.0. The fourth-order valence-electron chi connectivity index (χ4n) is 2.35. The predicted molar refractivity (Wildman–Crippen MR) is 82.0 cm³/mol. The predicted octanol–water partition coefficient (Wildman–Crippen LogP) is 2.03. The maximum absolute atomic E-state index is 12.0. The number of carbonyl (C=O) groups is 2. The summed E-state index contributed by atoms with van der Waals surface area (Å²) in [6.07, 6.45) is 3.42. The first-order valence-corrected chi connectivity index (χ1v) is 8.30. The Bertz CT molecular complexity index is 473. The number of likely N-dealkylation sites (tertiary alicyclic amines) is 1. The molecule has 1 N–H and O–H groups in total. The molecule has 1 aliphatic heterocycles. The van der Waals surface area contributed by atoms with E-state index >= 15 is 0 Å². The quantitative estimate of drug-likeness (QED) is 0.814. The van der Waals surface area contributed by atoms with Gasteiger partial charge >= 0.3 is 5.97 Å². The molecule has 6 heteroatoms. The van der Waals surface area contributed by atoms with Crippen LogP contribution in [0.4, 0.5) is 0 Å². The van der Waals surface area contributed by atoms with Crippen molar-refractivity contribution in [2.45, 2.75) is 25.0 Å². The molecule has 1 saturated heterocycles. The van der Waals surface area contributed by atoms with Crippen LogP contribution < -0.4 is 0 Å². The van der Waals surface area contributed by atoms with Crippen LogP contribution in [-0.2, 0) is 15.3 Å². The lowest BCUT2D eigenvalue weighted by atomic mass is 9.97. The van der Waals surface area contributed by atoms with Crippen LogP contribution in [0.25, 0.3) is 0 Å². The molecule has 0 spiro atoms. The zero-order chi connectivity index (χ0) is 15.1. The standard InChI is InChI=1S/C15H20N2O3S/c18-14(17-8-4-12(5-9-17)15(19)20)6-10-21-11-13-3-1-2-7-16-13/h1-3,7,12H,4-6,8-11H2,(H,19,20). The molecule has 0 saturated carbocycles. The Hall–Kier alpha value is -1.56. The number of hydrogen-bond donors (Lipinski definition) is 1. The number of aliphatic carboxylic acids is 1. The van der Waals surface area contributed by atoms with Crippen LogP contribution in [0.3, 0.4) is 0 Å². The Labute approximate surface area is 128 Å². The molecule has 0 atom stereocenters. The van der Waals surface area contributed by atoms with E-state index in [-0.39, 0.29) is 11.8 Å². The molecule has 0 aliphatic carbocycles. The van der Waals surface area contributed by atoms with Crippen molar-refractivity contribution in [1.29, 1.82) is 0 Å². The molecule has 1 amide bonds. The molecule has 0 unspecified atom stereocenters. The Kier molecular flexibility index (Phi) is 6.04. The van der Waals surface area contributed by atoms with Crippen molar-refractivity contribution in [1.82, 2.24) is 9.88 Å². The van der Waals surface area contributed by atoms with E-state index in [1.807, 2.05) is 18.2 Å². The number of aromatic nitrogens is 1. The third-order valence-corrected chi connectivity index (χ3v) is 4.63. The molecule has 114 valence electrons. The Morgan fingerprint density at radius 1 is 1.33 bits per heavy atom. The Morgan fingerprint density at radius 3 is 2.71 bits per heavy atom. The molecule has 1 aromatic rings. The van der Waals surface area contributed by atoms with Crippen LogP contribution in [0.1, 0.15) is 25.0 Å². The first-order chi connectivity index (χ1) is 10.2. The van der Waals surface area contributed by atoms with Gasteiger partial charge in [-0.15, -0.1) is 0 Å². The highest BCUT2D eigenvalue weighted by Gasteiger charge is 2.26. The third kappa shape index (κ3) is 5.04. The molecule has 5 nitrogen and oxygen atoms in total. The van der Waals surface area contributed by atoms with Gasteiger partial charge in [0.25, 0.3) is 0 Å². The van der Waals surface area contributed by atoms with Gasteiger partial charge in [-0.05, 0) is 25.0 Å². The molecule has 0 aromatic carbocycles. The average Bonchev–Trinajstić information content (AvgIpc) is 2.52.